The molecule has 2 aromatic rings. The first kappa shape index (κ1) is 13.6. The highest BCUT2D eigenvalue weighted by Gasteiger charge is 2.14. The highest BCUT2D eigenvalue weighted by Crippen LogP contribution is 2.30. The second-order valence-corrected chi connectivity index (χ2v) is 4.92. The molecule has 0 aliphatic rings. The topological polar surface area (TPSA) is 64.3 Å². The number of anilines is 2. The lowest BCUT2D eigenvalue weighted by Crippen LogP contribution is -2.19. The van der Waals surface area contributed by atoms with E-state index in [1.165, 1.54) is 6.33 Å². The van der Waals surface area contributed by atoms with Gasteiger partial charge in [-0.2, -0.15) is 0 Å². The number of halogens is 1. The van der Waals surface area contributed by atoms with Gasteiger partial charge in [-0.25, -0.2) is 9.97 Å². The summed E-state index contributed by atoms with van der Waals surface area (Å²) in [6.07, 6.45) is 1.43. The van der Waals surface area contributed by atoms with Gasteiger partial charge in [0.1, 0.15) is 6.33 Å². The largest absolute Gasteiger partial charge is 0.490 e. The van der Waals surface area contributed by atoms with Crippen molar-refractivity contribution >= 4 is 27.6 Å². The van der Waals surface area contributed by atoms with Crippen molar-refractivity contribution in [1.82, 2.24) is 9.97 Å². The minimum absolute atomic E-state index is 0.339. The van der Waals surface area contributed by atoms with E-state index < -0.39 is 0 Å². The lowest BCUT2D eigenvalue weighted by molar-refractivity contribution is 0.413. The standard InChI is InChI=1S/C13H15BrN4O/c1-18(7-9-5-3-4-6-10(9)14)13-11(19-2)12(15)16-8-17-13/h3-6,8H,7H2,1-2H3,(H2,15,16,17). The molecule has 1 aromatic carbocycles. The summed E-state index contributed by atoms with van der Waals surface area (Å²) >= 11 is 3.53. The van der Waals surface area contributed by atoms with Crippen LogP contribution in [-0.2, 0) is 6.54 Å². The summed E-state index contributed by atoms with van der Waals surface area (Å²) in [6.45, 7) is 0.689. The predicted octanol–water partition coefficient (Wildman–Crippen LogP) is 2.47. The molecule has 0 saturated heterocycles. The molecule has 19 heavy (non-hydrogen) atoms. The van der Waals surface area contributed by atoms with Crippen LogP contribution in [0.5, 0.6) is 5.75 Å². The Morgan fingerprint density at radius 2 is 2.05 bits per heavy atom. The summed E-state index contributed by atoms with van der Waals surface area (Å²) in [6, 6.07) is 8.04. The van der Waals surface area contributed by atoms with Crippen LogP contribution in [0, 0.1) is 0 Å². The Balaban J connectivity index is 2.28. The van der Waals surface area contributed by atoms with Gasteiger partial charge in [0.2, 0.25) is 5.75 Å². The minimum atomic E-state index is 0.339. The van der Waals surface area contributed by atoms with Crippen molar-refractivity contribution in [2.24, 2.45) is 0 Å². The molecule has 0 saturated carbocycles. The van der Waals surface area contributed by atoms with Crippen molar-refractivity contribution in [3.05, 3.63) is 40.6 Å². The zero-order chi connectivity index (χ0) is 13.8. The maximum Gasteiger partial charge on any atom is 0.204 e. The first-order valence-electron chi connectivity index (χ1n) is 5.72. The molecule has 0 atom stereocenters. The molecule has 0 unspecified atom stereocenters. The molecule has 0 fully saturated rings. The quantitative estimate of drug-likeness (QED) is 0.936. The number of hydrogen-bond acceptors (Lipinski definition) is 5. The number of rotatable bonds is 4. The summed E-state index contributed by atoms with van der Waals surface area (Å²) in [5.41, 5.74) is 6.94. The number of benzene rings is 1. The summed E-state index contributed by atoms with van der Waals surface area (Å²) in [5.74, 6) is 1.51. The van der Waals surface area contributed by atoms with E-state index in [1.807, 2.05) is 30.1 Å². The van der Waals surface area contributed by atoms with Crippen LogP contribution in [0.2, 0.25) is 0 Å². The van der Waals surface area contributed by atoms with Crippen LogP contribution in [0.3, 0.4) is 0 Å². The second kappa shape index (κ2) is 5.88. The average molecular weight is 323 g/mol. The Morgan fingerprint density at radius 1 is 1.32 bits per heavy atom. The van der Waals surface area contributed by atoms with Crippen LogP contribution in [-0.4, -0.2) is 24.1 Å². The van der Waals surface area contributed by atoms with E-state index in [2.05, 4.69) is 32.0 Å². The number of nitrogen functional groups attached to an aromatic ring is 1. The molecule has 0 radical (unpaired) electrons. The molecular formula is C13H15BrN4O. The highest BCUT2D eigenvalue weighted by molar-refractivity contribution is 9.10. The Morgan fingerprint density at radius 3 is 2.74 bits per heavy atom. The monoisotopic (exact) mass is 322 g/mol. The van der Waals surface area contributed by atoms with Gasteiger partial charge >= 0.3 is 0 Å². The van der Waals surface area contributed by atoms with Gasteiger partial charge in [0.15, 0.2) is 11.6 Å². The van der Waals surface area contributed by atoms with Crippen LogP contribution in [0.25, 0.3) is 0 Å². The number of nitrogens with two attached hydrogens (primary N) is 1. The van der Waals surface area contributed by atoms with Gasteiger partial charge in [-0.15, -0.1) is 0 Å². The van der Waals surface area contributed by atoms with Gasteiger partial charge in [-0.05, 0) is 11.6 Å². The maximum atomic E-state index is 5.78. The third-order valence-corrected chi connectivity index (χ3v) is 3.52. The van der Waals surface area contributed by atoms with E-state index in [4.69, 9.17) is 10.5 Å². The zero-order valence-electron chi connectivity index (χ0n) is 10.8. The minimum Gasteiger partial charge on any atom is -0.490 e. The summed E-state index contributed by atoms with van der Waals surface area (Å²) in [5, 5.41) is 0. The van der Waals surface area contributed by atoms with Crippen LogP contribution in [0.15, 0.2) is 35.1 Å². The SMILES string of the molecule is COc1c(N)ncnc1N(C)Cc1ccccc1Br. The van der Waals surface area contributed by atoms with Gasteiger partial charge < -0.3 is 15.4 Å². The van der Waals surface area contributed by atoms with E-state index in [9.17, 15) is 0 Å². The lowest BCUT2D eigenvalue weighted by atomic mass is 10.2. The molecule has 0 bridgehead atoms. The molecule has 0 spiro atoms. The molecule has 0 aliphatic heterocycles. The van der Waals surface area contributed by atoms with E-state index in [-0.39, 0.29) is 0 Å². The van der Waals surface area contributed by atoms with Gasteiger partial charge in [-0.1, -0.05) is 34.1 Å². The van der Waals surface area contributed by atoms with Crippen LogP contribution in [0.4, 0.5) is 11.6 Å². The maximum absolute atomic E-state index is 5.78. The third-order valence-electron chi connectivity index (χ3n) is 2.74. The normalized spacial score (nSPS) is 10.3. The van der Waals surface area contributed by atoms with Gasteiger partial charge in [0, 0.05) is 18.1 Å². The van der Waals surface area contributed by atoms with Crippen molar-refractivity contribution in [1.29, 1.82) is 0 Å². The molecule has 5 nitrogen and oxygen atoms in total. The van der Waals surface area contributed by atoms with E-state index in [0.717, 1.165) is 10.0 Å². The Kier molecular flexibility index (Phi) is 4.21. The van der Waals surface area contributed by atoms with Crippen molar-refractivity contribution in [2.45, 2.75) is 6.54 Å². The molecule has 100 valence electrons. The molecule has 1 aromatic heterocycles. The fraction of sp³-hybridized carbons (Fsp3) is 0.231. The van der Waals surface area contributed by atoms with E-state index in [1.54, 1.807) is 7.11 Å². The Bertz CT molecular complexity index is 576. The summed E-state index contributed by atoms with van der Waals surface area (Å²) in [7, 11) is 3.49. The summed E-state index contributed by atoms with van der Waals surface area (Å²) < 4.78 is 6.32. The summed E-state index contributed by atoms with van der Waals surface area (Å²) in [4.78, 5) is 10.1. The fourth-order valence-electron chi connectivity index (χ4n) is 1.80. The van der Waals surface area contributed by atoms with Gasteiger partial charge in [0.25, 0.3) is 0 Å². The van der Waals surface area contributed by atoms with E-state index >= 15 is 0 Å². The molecule has 0 amide bonds. The van der Waals surface area contributed by atoms with Crippen LogP contribution < -0.4 is 15.4 Å². The first-order chi connectivity index (χ1) is 9.13. The number of methoxy groups -OCH3 is 1. The molecule has 6 heteroatoms. The number of aromatic nitrogens is 2. The fourth-order valence-corrected chi connectivity index (χ4v) is 2.21. The number of hydrogen-bond donors (Lipinski definition) is 1. The predicted molar refractivity (Wildman–Crippen MR) is 79.2 cm³/mol. The third kappa shape index (κ3) is 2.96. The Labute approximate surface area is 120 Å². The first-order valence-corrected chi connectivity index (χ1v) is 6.51. The number of ether oxygens (including phenoxy) is 1. The van der Waals surface area contributed by atoms with Crippen LogP contribution >= 0.6 is 15.9 Å². The lowest BCUT2D eigenvalue weighted by Gasteiger charge is -2.21. The highest BCUT2D eigenvalue weighted by atomic mass is 79.9. The van der Waals surface area contributed by atoms with Gasteiger partial charge in [-0.3, -0.25) is 0 Å². The average Bonchev–Trinajstić information content (AvgIpc) is 2.41. The van der Waals surface area contributed by atoms with Crippen molar-refractivity contribution in [3.63, 3.8) is 0 Å². The number of nitrogens with zero attached hydrogens (tertiary/aromatic N) is 3. The van der Waals surface area contributed by atoms with E-state index in [0.29, 0.717) is 23.9 Å². The van der Waals surface area contributed by atoms with Crippen molar-refractivity contribution < 1.29 is 4.74 Å². The molecule has 2 rings (SSSR count). The molecule has 0 aliphatic carbocycles. The zero-order valence-corrected chi connectivity index (χ0v) is 12.4. The molecule has 1 heterocycles. The second-order valence-electron chi connectivity index (χ2n) is 4.06. The van der Waals surface area contributed by atoms with Crippen molar-refractivity contribution in [2.75, 3.05) is 24.8 Å². The molecular weight excluding hydrogens is 308 g/mol. The Hall–Kier alpha value is -1.82. The van der Waals surface area contributed by atoms with Crippen molar-refractivity contribution in [3.8, 4) is 5.75 Å². The van der Waals surface area contributed by atoms with Gasteiger partial charge in [0.05, 0.1) is 7.11 Å². The van der Waals surface area contributed by atoms with Crippen LogP contribution in [0.1, 0.15) is 5.56 Å². The smallest absolute Gasteiger partial charge is 0.204 e. The molecule has 2 N–H and O–H groups in total.